The summed E-state index contributed by atoms with van der Waals surface area (Å²) in [4.78, 5) is 10.9. The smallest absolute Gasteiger partial charge is 0.335 e. The number of rotatable bonds is 5. The summed E-state index contributed by atoms with van der Waals surface area (Å²) in [5.74, 6) is -0.867. The van der Waals surface area contributed by atoms with Crippen molar-refractivity contribution in [2.24, 2.45) is 0 Å². The number of ether oxygens (including phenoxy) is 1. The molecule has 0 bridgehead atoms. The van der Waals surface area contributed by atoms with E-state index in [2.05, 4.69) is 0 Å². The normalized spacial score (nSPS) is 17.1. The SMILES string of the molecule is CCOCC1(c2cccc(C(=O)O)c2)CC1. The quantitative estimate of drug-likeness (QED) is 0.829. The van der Waals surface area contributed by atoms with Crippen molar-refractivity contribution in [1.29, 1.82) is 0 Å². The number of hydrogen-bond acceptors (Lipinski definition) is 2. The highest BCUT2D eigenvalue weighted by Crippen LogP contribution is 2.48. The van der Waals surface area contributed by atoms with E-state index in [0.29, 0.717) is 18.8 Å². The molecular weight excluding hydrogens is 204 g/mol. The predicted molar refractivity (Wildman–Crippen MR) is 60.8 cm³/mol. The first kappa shape index (κ1) is 11.1. The van der Waals surface area contributed by atoms with Crippen LogP contribution >= 0.6 is 0 Å². The molecule has 3 nitrogen and oxygen atoms in total. The highest BCUT2D eigenvalue weighted by molar-refractivity contribution is 5.87. The van der Waals surface area contributed by atoms with Crippen LogP contribution < -0.4 is 0 Å². The Morgan fingerprint density at radius 3 is 2.81 bits per heavy atom. The molecule has 1 aliphatic rings. The molecule has 1 aromatic carbocycles. The van der Waals surface area contributed by atoms with Gasteiger partial charge in [-0.25, -0.2) is 4.79 Å². The van der Waals surface area contributed by atoms with Gasteiger partial charge in [-0.2, -0.15) is 0 Å². The Bertz CT molecular complexity index is 394. The van der Waals surface area contributed by atoms with Crippen molar-refractivity contribution in [3.63, 3.8) is 0 Å². The van der Waals surface area contributed by atoms with E-state index in [-0.39, 0.29) is 5.41 Å². The van der Waals surface area contributed by atoms with Gasteiger partial charge in [0.15, 0.2) is 0 Å². The molecule has 0 heterocycles. The van der Waals surface area contributed by atoms with Crippen LogP contribution in [0.3, 0.4) is 0 Å². The molecular formula is C13H16O3. The second kappa shape index (κ2) is 4.26. The monoisotopic (exact) mass is 220 g/mol. The molecule has 0 aromatic heterocycles. The third-order valence-electron chi connectivity index (χ3n) is 3.16. The van der Waals surface area contributed by atoms with Gasteiger partial charge in [-0.15, -0.1) is 0 Å². The van der Waals surface area contributed by atoms with E-state index >= 15 is 0 Å². The number of carboxylic acid groups (broad SMARTS) is 1. The van der Waals surface area contributed by atoms with Crippen molar-refractivity contribution in [3.05, 3.63) is 35.4 Å². The zero-order chi connectivity index (χ0) is 11.6. The largest absolute Gasteiger partial charge is 0.478 e. The zero-order valence-corrected chi connectivity index (χ0v) is 9.40. The fourth-order valence-electron chi connectivity index (χ4n) is 1.95. The summed E-state index contributed by atoms with van der Waals surface area (Å²) in [6.45, 7) is 3.39. The van der Waals surface area contributed by atoms with Crippen molar-refractivity contribution in [2.75, 3.05) is 13.2 Å². The molecule has 86 valence electrons. The average molecular weight is 220 g/mol. The van der Waals surface area contributed by atoms with Gasteiger partial charge in [-0.1, -0.05) is 12.1 Å². The summed E-state index contributed by atoms with van der Waals surface area (Å²) < 4.78 is 5.47. The highest BCUT2D eigenvalue weighted by atomic mass is 16.5. The summed E-state index contributed by atoms with van der Waals surface area (Å²) in [6.07, 6.45) is 2.19. The maximum absolute atomic E-state index is 10.9. The van der Waals surface area contributed by atoms with Crippen molar-refractivity contribution in [2.45, 2.75) is 25.2 Å². The topological polar surface area (TPSA) is 46.5 Å². The van der Waals surface area contributed by atoms with Crippen molar-refractivity contribution in [3.8, 4) is 0 Å². The second-order valence-electron chi connectivity index (χ2n) is 4.30. The van der Waals surface area contributed by atoms with E-state index in [4.69, 9.17) is 9.84 Å². The Hall–Kier alpha value is -1.35. The Morgan fingerprint density at radius 1 is 1.50 bits per heavy atom. The molecule has 0 spiro atoms. The Morgan fingerprint density at radius 2 is 2.25 bits per heavy atom. The Labute approximate surface area is 95.0 Å². The molecule has 0 radical (unpaired) electrons. The lowest BCUT2D eigenvalue weighted by atomic mass is 9.95. The van der Waals surface area contributed by atoms with Crippen LogP contribution in [0.2, 0.25) is 0 Å². The van der Waals surface area contributed by atoms with E-state index in [1.165, 1.54) is 0 Å². The van der Waals surface area contributed by atoms with Gasteiger partial charge in [-0.3, -0.25) is 0 Å². The third-order valence-corrected chi connectivity index (χ3v) is 3.16. The third kappa shape index (κ3) is 2.09. The van der Waals surface area contributed by atoms with E-state index in [1.54, 1.807) is 12.1 Å². The van der Waals surface area contributed by atoms with Crippen molar-refractivity contribution >= 4 is 5.97 Å². The molecule has 0 aliphatic heterocycles. The summed E-state index contributed by atoms with van der Waals surface area (Å²) in [5.41, 5.74) is 1.54. The molecule has 1 aliphatic carbocycles. The maximum Gasteiger partial charge on any atom is 0.335 e. The fraction of sp³-hybridized carbons (Fsp3) is 0.462. The molecule has 1 aromatic rings. The van der Waals surface area contributed by atoms with Crippen LogP contribution in [-0.4, -0.2) is 24.3 Å². The van der Waals surface area contributed by atoms with E-state index in [9.17, 15) is 4.79 Å². The molecule has 0 saturated heterocycles. The van der Waals surface area contributed by atoms with Gasteiger partial charge in [0.05, 0.1) is 12.2 Å². The summed E-state index contributed by atoms with van der Waals surface area (Å²) >= 11 is 0. The summed E-state index contributed by atoms with van der Waals surface area (Å²) in [6, 6.07) is 7.21. The first-order chi connectivity index (χ1) is 7.68. The molecule has 3 heteroatoms. The summed E-state index contributed by atoms with van der Waals surface area (Å²) in [5, 5.41) is 8.94. The van der Waals surface area contributed by atoms with Gasteiger partial charge < -0.3 is 9.84 Å². The second-order valence-corrected chi connectivity index (χ2v) is 4.30. The minimum absolute atomic E-state index is 0.0848. The molecule has 1 N–H and O–H groups in total. The predicted octanol–water partition coefficient (Wildman–Crippen LogP) is 2.45. The maximum atomic E-state index is 10.9. The lowest BCUT2D eigenvalue weighted by Crippen LogP contribution is -2.16. The Kier molecular flexibility index (Phi) is 2.97. The Balaban J connectivity index is 2.20. The molecule has 0 unspecified atom stereocenters. The lowest BCUT2D eigenvalue weighted by Gasteiger charge is -2.15. The van der Waals surface area contributed by atoms with Crippen LogP contribution in [-0.2, 0) is 10.2 Å². The number of hydrogen-bond donors (Lipinski definition) is 1. The van der Waals surface area contributed by atoms with Gasteiger partial charge in [0.1, 0.15) is 0 Å². The van der Waals surface area contributed by atoms with Gasteiger partial charge >= 0.3 is 5.97 Å². The molecule has 16 heavy (non-hydrogen) atoms. The van der Waals surface area contributed by atoms with Gasteiger partial charge in [-0.05, 0) is 37.5 Å². The average Bonchev–Trinajstić information content (AvgIpc) is 3.08. The lowest BCUT2D eigenvalue weighted by molar-refractivity contribution is 0.0696. The van der Waals surface area contributed by atoms with Crippen LogP contribution in [0, 0.1) is 0 Å². The molecule has 1 fully saturated rings. The number of benzene rings is 1. The summed E-state index contributed by atoms with van der Waals surface area (Å²) in [7, 11) is 0. The van der Waals surface area contributed by atoms with E-state index in [1.807, 2.05) is 19.1 Å². The highest BCUT2D eigenvalue weighted by Gasteiger charge is 2.44. The van der Waals surface area contributed by atoms with Crippen LogP contribution in [0.1, 0.15) is 35.7 Å². The number of aromatic carboxylic acids is 1. The molecule has 0 amide bonds. The minimum atomic E-state index is -0.867. The molecule has 2 rings (SSSR count). The van der Waals surface area contributed by atoms with Gasteiger partial charge in [0.25, 0.3) is 0 Å². The fourth-order valence-corrected chi connectivity index (χ4v) is 1.95. The van der Waals surface area contributed by atoms with Crippen LogP contribution in [0.4, 0.5) is 0 Å². The molecule has 1 saturated carbocycles. The minimum Gasteiger partial charge on any atom is -0.478 e. The van der Waals surface area contributed by atoms with Crippen molar-refractivity contribution < 1.29 is 14.6 Å². The zero-order valence-electron chi connectivity index (χ0n) is 9.40. The van der Waals surface area contributed by atoms with Crippen molar-refractivity contribution in [1.82, 2.24) is 0 Å². The first-order valence-corrected chi connectivity index (χ1v) is 5.59. The number of carbonyl (C=O) groups is 1. The van der Waals surface area contributed by atoms with Crippen LogP contribution in [0.25, 0.3) is 0 Å². The molecule has 0 atom stereocenters. The first-order valence-electron chi connectivity index (χ1n) is 5.59. The van der Waals surface area contributed by atoms with Gasteiger partial charge in [0.2, 0.25) is 0 Å². The van der Waals surface area contributed by atoms with Gasteiger partial charge in [0, 0.05) is 12.0 Å². The van der Waals surface area contributed by atoms with E-state index in [0.717, 1.165) is 18.4 Å². The van der Waals surface area contributed by atoms with E-state index < -0.39 is 5.97 Å². The standard InChI is InChI=1S/C13H16O3/c1-2-16-9-13(6-7-13)11-5-3-4-10(8-11)12(14)15/h3-5,8H,2,6-7,9H2,1H3,(H,14,15). The van der Waals surface area contributed by atoms with Crippen LogP contribution in [0.5, 0.6) is 0 Å². The number of carboxylic acids is 1. The van der Waals surface area contributed by atoms with Crippen LogP contribution in [0.15, 0.2) is 24.3 Å².